The minimum atomic E-state index is -4.52. The number of alkyl halides is 3. The molecule has 0 bridgehead atoms. The Bertz CT molecular complexity index is 996. The van der Waals surface area contributed by atoms with E-state index < -0.39 is 17.6 Å². The van der Waals surface area contributed by atoms with Crippen LogP contribution in [0.4, 0.5) is 19.0 Å². The van der Waals surface area contributed by atoms with Crippen LogP contribution in [0.3, 0.4) is 0 Å². The molecule has 3 rings (SSSR count). The predicted octanol–water partition coefficient (Wildman–Crippen LogP) is 3.05. The lowest BCUT2D eigenvalue weighted by Crippen LogP contribution is -2.21. The molecule has 2 heterocycles. The van der Waals surface area contributed by atoms with Crippen molar-refractivity contribution in [1.29, 1.82) is 0 Å². The molecule has 1 aromatic carbocycles. The van der Waals surface area contributed by atoms with Crippen LogP contribution in [0, 0.1) is 0 Å². The van der Waals surface area contributed by atoms with Gasteiger partial charge < -0.3 is 9.88 Å². The lowest BCUT2D eigenvalue weighted by atomic mass is 10.2. The summed E-state index contributed by atoms with van der Waals surface area (Å²) >= 11 is 0. The number of fused-ring (bicyclic) bond motifs is 1. The van der Waals surface area contributed by atoms with Gasteiger partial charge in [0.2, 0.25) is 5.91 Å². The normalized spacial score (nSPS) is 11.5. The number of para-hydroxylation sites is 1. The highest BCUT2D eigenvalue weighted by atomic mass is 19.4. The summed E-state index contributed by atoms with van der Waals surface area (Å²) in [7, 11) is 0. The maximum absolute atomic E-state index is 12.7. The number of hydrogen-bond acceptors (Lipinski definition) is 3. The number of nitrogens with one attached hydrogen (secondary N) is 1. The SMILES string of the molecule is O=C(Cn1ccc(=O)c2ccccc21)Nc1cc(C(F)(F)F)ccn1. The molecule has 128 valence electrons. The van der Waals surface area contributed by atoms with Crippen molar-refractivity contribution in [3.8, 4) is 0 Å². The zero-order valence-corrected chi connectivity index (χ0v) is 12.7. The fourth-order valence-corrected chi connectivity index (χ4v) is 2.41. The van der Waals surface area contributed by atoms with Crippen molar-refractivity contribution >= 4 is 22.6 Å². The quantitative estimate of drug-likeness (QED) is 0.792. The Morgan fingerprint density at radius 2 is 1.92 bits per heavy atom. The summed E-state index contributed by atoms with van der Waals surface area (Å²) in [6.45, 7) is -0.168. The van der Waals surface area contributed by atoms with Gasteiger partial charge in [0.15, 0.2) is 5.43 Å². The van der Waals surface area contributed by atoms with Crippen molar-refractivity contribution in [2.24, 2.45) is 0 Å². The molecule has 0 aliphatic heterocycles. The van der Waals surface area contributed by atoms with Gasteiger partial charge in [0.05, 0.1) is 11.1 Å². The lowest BCUT2D eigenvalue weighted by molar-refractivity contribution is -0.137. The molecule has 8 heteroatoms. The zero-order chi connectivity index (χ0) is 18.0. The topological polar surface area (TPSA) is 64.0 Å². The first kappa shape index (κ1) is 16.7. The van der Waals surface area contributed by atoms with Crippen LogP contribution in [0.15, 0.2) is 59.7 Å². The van der Waals surface area contributed by atoms with Crippen LogP contribution < -0.4 is 10.7 Å². The average Bonchev–Trinajstić information content (AvgIpc) is 2.57. The van der Waals surface area contributed by atoms with E-state index in [-0.39, 0.29) is 17.8 Å². The van der Waals surface area contributed by atoms with E-state index in [0.717, 1.165) is 18.3 Å². The molecular weight excluding hydrogens is 335 g/mol. The maximum Gasteiger partial charge on any atom is 0.416 e. The third-order valence-electron chi connectivity index (χ3n) is 3.55. The summed E-state index contributed by atoms with van der Waals surface area (Å²) < 4.78 is 39.6. The summed E-state index contributed by atoms with van der Waals surface area (Å²) in [6.07, 6.45) is -2.08. The molecule has 0 atom stereocenters. The molecule has 0 saturated heterocycles. The molecule has 0 aliphatic carbocycles. The zero-order valence-electron chi connectivity index (χ0n) is 12.7. The van der Waals surface area contributed by atoms with Crippen LogP contribution in [-0.2, 0) is 17.5 Å². The summed E-state index contributed by atoms with van der Waals surface area (Å²) in [5, 5.41) is 2.79. The van der Waals surface area contributed by atoms with E-state index in [1.165, 1.54) is 12.3 Å². The summed E-state index contributed by atoms with van der Waals surface area (Å²) in [5.74, 6) is -0.745. The van der Waals surface area contributed by atoms with Gasteiger partial charge in [-0.1, -0.05) is 12.1 Å². The predicted molar refractivity (Wildman–Crippen MR) is 86.1 cm³/mol. The van der Waals surface area contributed by atoms with Crippen molar-refractivity contribution < 1.29 is 18.0 Å². The highest BCUT2D eigenvalue weighted by Gasteiger charge is 2.30. The van der Waals surface area contributed by atoms with Crippen LogP contribution in [0.25, 0.3) is 10.9 Å². The largest absolute Gasteiger partial charge is 0.416 e. The van der Waals surface area contributed by atoms with Gasteiger partial charge in [-0.25, -0.2) is 4.98 Å². The second kappa shape index (κ2) is 6.39. The lowest BCUT2D eigenvalue weighted by Gasteiger charge is -2.12. The molecule has 0 spiro atoms. The number of pyridine rings is 2. The van der Waals surface area contributed by atoms with E-state index >= 15 is 0 Å². The number of hydrogen-bond donors (Lipinski definition) is 1. The molecule has 1 N–H and O–H groups in total. The second-order valence-electron chi connectivity index (χ2n) is 5.30. The van der Waals surface area contributed by atoms with Gasteiger partial charge in [-0.05, 0) is 24.3 Å². The van der Waals surface area contributed by atoms with E-state index in [0.29, 0.717) is 10.9 Å². The summed E-state index contributed by atoms with van der Waals surface area (Å²) in [6, 6.07) is 9.68. The van der Waals surface area contributed by atoms with Crippen LogP contribution >= 0.6 is 0 Å². The van der Waals surface area contributed by atoms with Gasteiger partial charge in [-0.2, -0.15) is 13.2 Å². The van der Waals surface area contributed by atoms with Crippen molar-refractivity contribution in [1.82, 2.24) is 9.55 Å². The van der Waals surface area contributed by atoms with E-state index in [4.69, 9.17) is 0 Å². The van der Waals surface area contributed by atoms with Crippen molar-refractivity contribution in [2.45, 2.75) is 12.7 Å². The Morgan fingerprint density at radius 1 is 1.16 bits per heavy atom. The molecular formula is C17H12F3N3O2. The first-order valence-corrected chi connectivity index (χ1v) is 7.26. The third-order valence-corrected chi connectivity index (χ3v) is 3.55. The number of rotatable bonds is 3. The molecule has 0 saturated carbocycles. The van der Waals surface area contributed by atoms with E-state index in [1.807, 2.05) is 0 Å². The van der Waals surface area contributed by atoms with Crippen molar-refractivity contribution in [3.05, 3.63) is 70.6 Å². The Hall–Kier alpha value is -3.16. The minimum absolute atomic E-state index is 0.168. The van der Waals surface area contributed by atoms with Gasteiger partial charge >= 0.3 is 6.18 Å². The first-order valence-electron chi connectivity index (χ1n) is 7.26. The number of carbonyl (C=O) groups is 1. The monoisotopic (exact) mass is 347 g/mol. The number of amides is 1. The maximum atomic E-state index is 12.7. The molecule has 0 unspecified atom stereocenters. The standard InChI is InChI=1S/C17H12F3N3O2/c18-17(19,20)11-5-7-21-15(9-11)22-16(25)10-23-8-6-14(24)12-3-1-2-4-13(12)23/h1-9H,10H2,(H,21,22,25). The molecule has 0 aliphatic rings. The van der Waals surface area contributed by atoms with Crippen LogP contribution in [0.5, 0.6) is 0 Å². The van der Waals surface area contributed by atoms with E-state index in [1.54, 1.807) is 28.8 Å². The van der Waals surface area contributed by atoms with Gasteiger partial charge in [-0.15, -0.1) is 0 Å². The van der Waals surface area contributed by atoms with Crippen LogP contribution in [0.2, 0.25) is 0 Å². The minimum Gasteiger partial charge on any atom is -0.338 e. The Morgan fingerprint density at radius 3 is 2.68 bits per heavy atom. The number of halogens is 3. The Labute approximate surface area is 139 Å². The van der Waals surface area contributed by atoms with Crippen LogP contribution in [0.1, 0.15) is 5.56 Å². The first-order chi connectivity index (χ1) is 11.8. The number of benzene rings is 1. The van der Waals surface area contributed by atoms with Gasteiger partial charge in [0.1, 0.15) is 12.4 Å². The molecule has 5 nitrogen and oxygen atoms in total. The Kier molecular flexibility index (Phi) is 4.26. The highest BCUT2D eigenvalue weighted by molar-refractivity contribution is 5.91. The fraction of sp³-hybridized carbons (Fsp3) is 0.118. The van der Waals surface area contributed by atoms with Crippen molar-refractivity contribution in [2.75, 3.05) is 5.32 Å². The van der Waals surface area contributed by atoms with Gasteiger partial charge in [-0.3, -0.25) is 9.59 Å². The Balaban J connectivity index is 1.82. The van der Waals surface area contributed by atoms with E-state index in [9.17, 15) is 22.8 Å². The van der Waals surface area contributed by atoms with Crippen LogP contribution in [-0.4, -0.2) is 15.5 Å². The fourth-order valence-electron chi connectivity index (χ4n) is 2.41. The number of carbonyl (C=O) groups excluding carboxylic acids is 1. The molecule has 0 radical (unpaired) electrons. The van der Waals surface area contributed by atoms with E-state index in [2.05, 4.69) is 10.3 Å². The highest BCUT2D eigenvalue weighted by Crippen LogP contribution is 2.29. The van der Waals surface area contributed by atoms with Gasteiger partial charge in [0.25, 0.3) is 0 Å². The molecule has 0 fully saturated rings. The molecule has 25 heavy (non-hydrogen) atoms. The van der Waals surface area contributed by atoms with Gasteiger partial charge in [0, 0.05) is 23.8 Å². The molecule has 3 aromatic rings. The summed E-state index contributed by atoms with van der Waals surface area (Å²) in [4.78, 5) is 27.7. The average molecular weight is 347 g/mol. The number of nitrogens with zero attached hydrogens (tertiary/aromatic N) is 2. The second-order valence-corrected chi connectivity index (χ2v) is 5.30. The molecule has 1 amide bonds. The summed E-state index contributed by atoms with van der Waals surface area (Å²) in [5.41, 5.74) is -0.513. The number of aromatic nitrogens is 2. The van der Waals surface area contributed by atoms with Crippen molar-refractivity contribution in [3.63, 3.8) is 0 Å². The number of anilines is 1. The smallest absolute Gasteiger partial charge is 0.338 e. The molecule has 2 aromatic heterocycles. The third kappa shape index (κ3) is 3.68.